The van der Waals surface area contributed by atoms with Crippen LogP contribution in [0.2, 0.25) is 0 Å². The predicted octanol–water partition coefficient (Wildman–Crippen LogP) is 0.601. The SMILES string of the molecule is CS(=O)(=O)c1c(NCc2ncon2)sc(C#N)c1N. The number of rotatable bonds is 4. The lowest BCUT2D eigenvalue weighted by molar-refractivity contribution is 0.411. The lowest BCUT2D eigenvalue weighted by Gasteiger charge is -2.04. The van der Waals surface area contributed by atoms with E-state index < -0.39 is 9.84 Å². The van der Waals surface area contributed by atoms with Crippen LogP contribution < -0.4 is 11.1 Å². The van der Waals surface area contributed by atoms with E-state index in [1.54, 1.807) is 0 Å². The highest BCUT2D eigenvalue weighted by molar-refractivity contribution is 7.91. The summed E-state index contributed by atoms with van der Waals surface area (Å²) in [5, 5.41) is 15.6. The smallest absolute Gasteiger partial charge is 0.213 e. The van der Waals surface area contributed by atoms with Crippen LogP contribution in [0.25, 0.3) is 0 Å². The number of nitrogens with zero attached hydrogens (tertiary/aromatic N) is 3. The van der Waals surface area contributed by atoms with Crippen molar-refractivity contribution in [2.45, 2.75) is 11.4 Å². The molecule has 0 aromatic carbocycles. The molecule has 19 heavy (non-hydrogen) atoms. The molecule has 0 spiro atoms. The molecule has 0 saturated heterocycles. The monoisotopic (exact) mass is 299 g/mol. The van der Waals surface area contributed by atoms with Crippen LogP contribution in [-0.4, -0.2) is 24.8 Å². The minimum atomic E-state index is -3.54. The normalized spacial score (nSPS) is 11.2. The molecule has 3 N–H and O–H groups in total. The maximum atomic E-state index is 11.7. The van der Waals surface area contributed by atoms with Gasteiger partial charge in [-0.05, 0) is 0 Å². The van der Waals surface area contributed by atoms with Gasteiger partial charge in [0.15, 0.2) is 15.7 Å². The fourth-order valence-electron chi connectivity index (χ4n) is 1.43. The molecule has 2 aromatic rings. The number of hydrogen-bond donors (Lipinski definition) is 2. The van der Waals surface area contributed by atoms with E-state index in [4.69, 9.17) is 11.0 Å². The van der Waals surface area contributed by atoms with Gasteiger partial charge in [-0.3, -0.25) is 0 Å². The van der Waals surface area contributed by atoms with E-state index >= 15 is 0 Å². The fraction of sp³-hybridized carbons (Fsp3) is 0.222. The molecule has 0 amide bonds. The van der Waals surface area contributed by atoms with Gasteiger partial charge < -0.3 is 15.6 Å². The van der Waals surface area contributed by atoms with E-state index in [-0.39, 0.29) is 22.0 Å². The van der Waals surface area contributed by atoms with Crippen LogP contribution in [0.1, 0.15) is 10.7 Å². The molecule has 100 valence electrons. The molecule has 0 fully saturated rings. The molecule has 8 nitrogen and oxygen atoms in total. The van der Waals surface area contributed by atoms with Gasteiger partial charge in [-0.15, -0.1) is 11.3 Å². The Morgan fingerprint density at radius 3 is 2.89 bits per heavy atom. The lowest BCUT2D eigenvalue weighted by Crippen LogP contribution is -2.06. The van der Waals surface area contributed by atoms with E-state index in [1.165, 1.54) is 0 Å². The van der Waals surface area contributed by atoms with Crippen molar-refractivity contribution in [3.8, 4) is 6.07 Å². The first-order valence-corrected chi connectivity index (χ1v) is 7.65. The van der Waals surface area contributed by atoms with Crippen molar-refractivity contribution in [3.05, 3.63) is 17.1 Å². The maximum absolute atomic E-state index is 11.7. The molecule has 0 aliphatic carbocycles. The van der Waals surface area contributed by atoms with E-state index in [1.807, 2.05) is 6.07 Å². The summed E-state index contributed by atoms with van der Waals surface area (Å²) in [6.07, 6.45) is 2.20. The molecule has 2 aromatic heterocycles. The van der Waals surface area contributed by atoms with Crippen LogP contribution in [0.15, 0.2) is 15.8 Å². The molecule has 10 heteroatoms. The second kappa shape index (κ2) is 4.87. The van der Waals surface area contributed by atoms with Crippen molar-refractivity contribution < 1.29 is 12.9 Å². The third-order valence-corrected chi connectivity index (χ3v) is 4.55. The summed E-state index contributed by atoms with van der Waals surface area (Å²) in [7, 11) is -3.54. The Bertz CT molecular complexity index is 727. The molecule has 0 atom stereocenters. The second-order valence-electron chi connectivity index (χ2n) is 3.59. The van der Waals surface area contributed by atoms with E-state index in [2.05, 4.69) is 20.0 Å². The Balaban J connectivity index is 2.37. The Morgan fingerprint density at radius 1 is 1.63 bits per heavy atom. The Morgan fingerprint density at radius 2 is 2.37 bits per heavy atom. The molecule has 0 aliphatic rings. The van der Waals surface area contributed by atoms with Gasteiger partial charge in [0.05, 0.1) is 12.2 Å². The number of nitriles is 1. The van der Waals surface area contributed by atoms with Crippen molar-refractivity contribution in [1.29, 1.82) is 5.26 Å². The average Bonchev–Trinajstić information content (AvgIpc) is 2.92. The zero-order valence-electron chi connectivity index (χ0n) is 9.74. The highest BCUT2D eigenvalue weighted by Crippen LogP contribution is 2.38. The minimum Gasteiger partial charge on any atom is -0.396 e. The van der Waals surface area contributed by atoms with Crippen LogP contribution in [0.5, 0.6) is 0 Å². The van der Waals surface area contributed by atoms with Crippen molar-refractivity contribution in [3.63, 3.8) is 0 Å². The van der Waals surface area contributed by atoms with E-state index in [0.717, 1.165) is 24.0 Å². The molecule has 0 saturated carbocycles. The third-order valence-electron chi connectivity index (χ3n) is 2.19. The van der Waals surface area contributed by atoms with Crippen LogP contribution in [0.4, 0.5) is 10.7 Å². The third kappa shape index (κ3) is 2.67. The topological polar surface area (TPSA) is 135 Å². The number of nitrogens with one attached hydrogen (secondary N) is 1. The minimum absolute atomic E-state index is 0.0365. The summed E-state index contributed by atoms with van der Waals surface area (Å²) < 4.78 is 27.9. The van der Waals surface area contributed by atoms with Crippen LogP contribution >= 0.6 is 11.3 Å². The summed E-state index contributed by atoms with van der Waals surface area (Å²) >= 11 is 0.972. The zero-order valence-corrected chi connectivity index (χ0v) is 11.4. The maximum Gasteiger partial charge on any atom is 0.213 e. The first kappa shape index (κ1) is 13.3. The quantitative estimate of drug-likeness (QED) is 0.837. The summed E-state index contributed by atoms with van der Waals surface area (Å²) in [5.74, 6) is 0.366. The van der Waals surface area contributed by atoms with E-state index in [9.17, 15) is 8.42 Å². The first-order valence-electron chi connectivity index (χ1n) is 4.95. The Hall–Kier alpha value is -2.12. The van der Waals surface area contributed by atoms with Gasteiger partial charge in [0.1, 0.15) is 20.8 Å². The Kier molecular flexibility index (Phi) is 3.41. The highest BCUT2D eigenvalue weighted by Gasteiger charge is 2.24. The number of aromatic nitrogens is 2. The summed E-state index contributed by atoms with van der Waals surface area (Å²) in [5.41, 5.74) is 5.63. The fourth-order valence-corrected chi connectivity index (χ4v) is 3.79. The first-order chi connectivity index (χ1) is 8.93. The highest BCUT2D eigenvalue weighted by atomic mass is 32.2. The van der Waals surface area contributed by atoms with Gasteiger partial charge in [0, 0.05) is 6.26 Å². The predicted molar refractivity (Wildman–Crippen MR) is 68.2 cm³/mol. The van der Waals surface area contributed by atoms with Crippen LogP contribution in [-0.2, 0) is 16.4 Å². The van der Waals surface area contributed by atoms with Crippen molar-refractivity contribution in [1.82, 2.24) is 10.1 Å². The number of hydrogen-bond acceptors (Lipinski definition) is 9. The number of nitrogens with two attached hydrogens (primary N) is 1. The zero-order chi connectivity index (χ0) is 14.0. The van der Waals surface area contributed by atoms with Gasteiger partial charge in [0.2, 0.25) is 6.39 Å². The lowest BCUT2D eigenvalue weighted by atomic mass is 10.4. The number of anilines is 2. The van der Waals surface area contributed by atoms with Crippen molar-refractivity contribution >= 4 is 31.9 Å². The molecular formula is C9H9N5O3S2. The summed E-state index contributed by atoms with van der Waals surface area (Å²) in [6, 6.07) is 1.86. The average molecular weight is 299 g/mol. The molecule has 0 bridgehead atoms. The number of nitrogen functional groups attached to an aromatic ring is 1. The summed E-state index contributed by atoms with van der Waals surface area (Å²) in [6.45, 7) is 0.170. The van der Waals surface area contributed by atoms with E-state index in [0.29, 0.717) is 10.8 Å². The van der Waals surface area contributed by atoms with Crippen LogP contribution in [0.3, 0.4) is 0 Å². The van der Waals surface area contributed by atoms with Gasteiger partial charge in [-0.2, -0.15) is 10.2 Å². The molecule has 0 radical (unpaired) electrons. The second-order valence-corrected chi connectivity index (χ2v) is 6.56. The number of thiophene rings is 1. The van der Waals surface area contributed by atoms with Crippen molar-refractivity contribution in [2.75, 3.05) is 17.3 Å². The Labute approximate surface area is 112 Å². The number of sulfone groups is 1. The van der Waals surface area contributed by atoms with Gasteiger partial charge in [-0.1, -0.05) is 5.16 Å². The van der Waals surface area contributed by atoms with Gasteiger partial charge in [-0.25, -0.2) is 8.42 Å². The molecule has 2 rings (SSSR count). The van der Waals surface area contributed by atoms with Gasteiger partial charge in [0.25, 0.3) is 0 Å². The molecule has 2 heterocycles. The van der Waals surface area contributed by atoms with Crippen LogP contribution in [0, 0.1) is 11.3 Å². The molecule has 0 unspecified atom stereocenters. The summed E-state index contributed by atoms with van der Waals surface area (Å²) in [4.78, 5) is 3.87. The molecular weight excluding hydrogens is 290 g/mol. The van der Waals surface area contributed by atoms with Crippen molar-refractivity contribution in [2.24, 2.45) is 0 Å². The largest absolute Gasteiger partial charge is 0.396 e. The van der Waals surface area contributed by atoms with Gasteiger partial charge >= 0.3 is 0 Å². The molecule has 0 aliphatic heterocycles. The standard InChI is InChI=1S/C9H9N5O3S2/c1-19(15,16)8-7(11)5(2-10)18-9(8)12-3-6-13-4-17-14-6/h4,12H,3,11H2,1H3.